The predicted octanol–water partition coefficient (Wildman–Crippen LogP) is 1.51. The summed E-state index contributed by atoms with van der Waals surface area (Å²) in [6, 6.07) is 1.88. The van der Waals surface area contributed by atoms with Crippen LogP contribution in [0.2, 0.25) is 5.02 Å². The summed E-state index contributed by atoms with van der Waals surface area (Å²) >= 11 is 5.78. The molecular formula is C14H19ClN2O4. The van der Waals surface area contributed by atoms with E-state index in [-0.39, 0.29) is 24.4 Å². The highest BCUT2D eigenvalue weighted by Crippen LogP contribution is 2.08. The van der Waals surface area contributed by atoms with Gasteiger partial charge in [0.05, 0.1) is 5.02 Å². The van der Waals surface area contributed by atoms with Crippen LogP contribution >= 0.6 is 11.6 Å². The number of nitrogens with zero attached hydrogens (tertiary/aromatic N) is 1. The Hall–Kier alpha value is -1.82. The molecule has 7 heteroatoms. The summed E-state index contributed by atoms with van der Waals surface area (Å²) in [4.78, 5) is 34.5. The molecule has 0 saturated carbocycles. The van der Waals surface area contributed by atoms with Crippen LogP contribution in [-0.2, 0) is 16.1 Å². The molecule has 2 N–H and O–H groups in total. The van der Waals surface area contributed by atoms with E-state index in [9.17, 15) is 14.4 Å². The lowest BCUT2D eigenvalue weighted by Gasteiger charge is -2.20. The summed E-state index contributed by atoms with van der Waals surface area (Å²) in [5, 5.41) is 12.0. The first-order valence-corrected chi connectivity index (χ1v) is 7.11. The summed E-state index contributed by atoms with van der Waals surface area (Å²) < 4.78 is 1.32. The SMILES string of the molecule is CCC(C)C(NC(=O)CCn1cc(Cl)ccc1=O)C(=O)O. The number of pyridine rings is 1. The van der Waals surface area contributed by atoms with Crippen molar-refractivity contribution in [2.75, 3.05) is 0 Å². The number of hydrogen-bond donors (Lipinski definition) is 2. The Morgan fingerprint density at radius 3 is 2.67 bits per heavy atom. The van der Waals surface area contributed by atoms with Crippen molar-refractivity contribution >= 4 is 23.5 Å². The third-order valence-electron chi connectivity index (χ3n) is 3.32. The molecule has 6 nitrogen and oxygen atoms in total. The molecule has 0 aliphatic carbocycles. The maximum absolute atomic E-state index is 11.8. The zero-order valence-electron chi connectivity index (χ0n) is 12.0. The van der Waals surface area contributed by atoms with Gasteiger partial charge in [-0.05, 0) is 12.0 Å². The molecule has 2 atom stereocenters. The van der Waals surface area contributed by atoms with E-state index in [0.29, 0.717) is 11.4 Å². The Morgan fingerprint density at radius 2 is 2.10 bits per heavy atom. The van der Waals surface area contributed by atoms with Crippen molar-refractivity contribution in [2.24, 2.45) is 5.92 Å². The molecule has 1 heterocycles. The van der Waals surface area contributed by atoms with Crippen LogP contribution < -0.4 is 10.9 Å². The van der Waals surface area contributed by atoms with E-state index in [0.717, 1.165) is 0 Å². The van der Waals surface area contributed by atoms with Gasteiger partial charge in [-0.15, -0.1) is 0 Å². The van der Waals surface area contributed by atoms with Gasteiger partial charge >= 0.3 is 5.97 Å². The van der Waals surface area contributed by atoms with Gasteiger partial charge in [-0.25, -0.2) is 4.79 Å². The molecule has 1 aromatic heterocycles. The maximum atomic E-state index is 11.8. The molecule has 0 saturated heterocycles. The van der Waals surface area contributed by atoms with Gasteiger partial charge in [0.15, 0.2) is 0 Å². The highest BCUT2D eigenvalue weighted by molar-refractivity contribution is 6.30. The van der Waals surface area contributed by atoms with E-state index in [1.807, 2.05) is 6.92 Å². The largest absolute Gasteiger partial charge is 0.480 e. The van der Waals surface area contributed by atoms with Crippen LogP contribution in [0.15, 0.2) is 23.1 Å². The third kappa shape index (κ3) is 5.23. The summed E-state index contributed by atoms with van der Waals surface area (Å²) in [7, 11) is 0. The Balaban J connectivity index is 2.63. The van der Waals surface area contributed by atoms with E-state index in [1.54, 1.807) is 6.92 Å². The van der Waals surface area contributed by atoms with Crippen molar-refractivity contribution in [2.45, 2.75) is 39.3 Å². The molecule has 21 heavy (non-hydrogen) atoms. The minimum absolute atomic E-state index is 0.0143. The van der Waals surface area contributed by atoms with Gasteiger partial charge in [-0.1, -0.05) is 31.9 Å². The average molecular weight is 315 g/mol. The Kier molecular flexibility index (Phi) is 6.42. The first kappa shape index (κ1) is 17.2. The number of halogens is 1. The number of rotatable bonds is 7. The second-order valence-corrected chi connectivity index (χ2v) is 5.33. The minimum Gasteiger partial charge on any atom is -0.480 e. The smallest absolute Gasteiger partial charge is 0.326 e. The van der Waals surface area contributed by atoms with Crippen LogP contribution in [0.4, 0.5) is 0 Å². The molecule has 0 bridgehead atoms. The van der Waals surface area contributed by atoms with Gasteiger partial charge in [0.1, 0.15) is 6.04 Å². The fourth-order valence-electron chi connectivity index (χ4n) is 1.83. The fraction of sp³-hybridized carbons (Fsp3) is 0.500. The van der Waals surface area contributed by atoms with Crippen LogP contribution in [-0.4, -0.2) is 27.6 Å². The monoisotopic (exact) mass is 314 g/mol. The van der Waals surface area contributed by atoms with Gasteiger partial charge in [-0.3, -0.25) is 9.59 Å². The van der Waals surface area contributed by atoms with E-state index in [4.69, 9.17) is 16.7 Å². The van der Waals surface area contributed by atoms with Crippen LogP contribution in [0.3, 0.4) is 0 Å². The van der Waals surface area contributed by atoms with E-state index < -0.39 is 17.9 Å². The van der Waals surface area contributed by atoms with Gasteiger partial charge in [-0.2, -0.15) is 0 Å². The number of hydrogen-bond acceptors (Lipinski definition) is 3. The van der Waals surface area contributed by atoms with Gasteiger partial charge in [0.2, 0.25) is 5.91 Å². The molecule has 0 aliphatic rings. The Morgan fingerprint density at radius 1 is 1.43 bits per heavy atom. The Labute approximate surface area is 127 Å². The summed E-state index contributed by atoms with van der Waals surface area (Å²) in [5.74, 6) is -1.63. The molecule has 0 radical (unpaired) electrons. The van der Waals surface area contributed by atoms with E-state index in [1.165, 1.54) is 22.9 Å². The van der Waals surface area contributed by atoms with Crippen molar-refractivity contribution in [1.29, 1.82) is 0 Å². The normalized spacial score (nSPS) is 13.5. The van der Waals surface area contributed by atoms with Crippen molar-refractivity contribution in [3.63, 3.8) is 0 Å². The van der Waals surface area contributed by atoms with E-state index in [2.05, 4.69) is 5.32 Å². The number of aryl methyl sites for hydroxylation is 1. The third-order valence-corrected chi connectivity index (χ3v) is 3.55. The molecule has 116 valence electrons. The second-order valence-electron chi connectivity index (χ2n) is 4.90. The number of carboxylic acids is 1. The second kappa shape index (κ2) is 7.83. The molecule has 1 rings (SSSR count). The molecule has 0 spiro atoms. The first-order chi connectivity index (χ1) is 9.85. The lowest BCUT2D eigenvalue weighted by atomic mass is 9.99. The van der Waals surface area contributed by atoms with E-state index >= 15 is 0 Å². The molecule has 1 amide bonds. The quantitative estimate of drug-likeness (QED) is 0.798. The molecule has 1 aromatic rings. The van der Waals surface area contributed by atoms with Crippen LogP contribution in [0.1, 0.15) is 26.7 Å². The number of amides is 1. The van der Waals surface area contributed by atoms with Crippen molar-refractivity contribution < 1.29 is 14.7 Å². The first-order valence-electron chi connectivity index (χ1n) is 6.73. The standard InChI is InChI=1S/C14H19ClN2O4/c1-3-9(2)13(14(20)21)16-11(18)6-7-17-8-10(15)4-5-12(17)19/h4-5,8-9,13H,3,6-7H2,1-2H3,(H,16,18)(H,20,21). The molecule has 0 fully saturated rings. The number of carboxylic acid groups (broad SMARTS) is 1. The number of carbonyl (C=O) groups is 2. The molecule has 0 aromatic carbocycles. The zero-order valence-corrected chi connectivity index (χ0v) is 12.8. The number of aliphatic carboxylic acids is 1. The van der Waals surface area contributed by atoms with Crippen molar-refractivity contribution in [3.8, 4) is 0 Å². The zero-order chi connectivity index (χ0) is 16.0. The van der Waals surface area contributed by atoms with Crippen LogP contribution in [0, 0.1) is 5.92 Å². The minimum atomic E-state index is -1.06. The lowest BCUT2D eigenvalue weighted by Crippen LogP contribution is -2.45. The Bertz CT molecular complexity index is 570. The summed E-state index contributed by atoms with van der Waals surface area (Å²) in [6.07, 6.45) is 2.10. The fourth-order valence-corrected chi connectivity index (χ4v) is 2.01. The van der Waals surface area contributed by atoms with Gasteiger partial charge in [0, 0.05) is 25.2 Å². The van der Waals surface area contributed by atoms with Crippen molar-refractivity contribution in [3.05, 3.63) is 33.7 Å². The number of aromatic nitrogens is 1. The van der Waals surface area contributed by atoms with Gasteiger partial charge in [0.25, 0.3) is 5.56 Å². The molecule has 0 aliphatic heterocycles. The number of carbonyl (C=O) groups excluding carboxylic acids is 1. The maximum Gasteiger partial charge on any atom is 0.326 e. The number of nitrogens with one attached hydrogen (secondary N) is 1. The van der Waals surface area contributed by atoms with Crippen LogP contribution in [0.25, 0.3) is 0 Å². The average Bonchev–Trinajstić information content (AvgIpc) is 2.44. The van der Waals surface area contributed by atoms with Crippen LogP contribution in [0.5, 0.6) is 0 Å². The highest BCUT2D eigenvalue weighted by atomic mass is 35.5. The highest BCUT2D eigenvalue weighted by Gasteiger charge is 2.24. The lowest BCUT2D eigenvalue weighted by molar-refractivity contribution is -0.143. The summed E-state index contributed by atoms with van der Waals surface area (Å²) in [6.45, 7) is 3.77. The predicted molar refractivity (Wildman–Crippen MR) is 79.4 cm³/mol. The van der Waals surface area contributed by atoms with Gasteiger partial charge < -0.3 is 15.0 Å². The topological polar surface area (TPSA) is 88.4 Å². The summed E-state index contributed by atoms with van der Waals surface area (Å²) in [5.41, 5.74) is -0.260. The molecule has 2 unspecified atom stereocenters. The molecular weight excluding hydrogens is 296 g/mol. The van der Waals surface area contributed by atoms with Crippen molar-refractivity contribution in [1.82, 2.24) is 9.88 Å².